The molecule has 0 heterocycles. The summed E-state index contributed by atoms with van der Waals surface area (Å²) in [6, 6.07) is 19.1. The third kappa shape index (κ3) is 4.43. The Labute approximate surface area is 127 Å². The maximum Gasteiger partial charge on any atom is 0.342 e. The SMILES string of the molecule is C[Si](C)(C)/C(=C/c1ccccc1)OC(=O)c1ccccc1. The number of hydrogen-bond acceptors (Lipinski definition) is 2. The summed E-state index contributed by atoms with van der Waals surface area (Å²) in [5.41, 5.74) is 1.63. The standard InChI is InChI=1S/C18H20O2Si/c1-21(2,3)17(14-15-10-6-4-7-11-15)20-18(19)16-12-8-5-9-13-16/h4-14H,1-3H3/b17-14+. The summed E-state index contributed by atoms with van der Waals surface area (Å²) >= 11 is 0. The summed E-state index contributed by atoms with van der Waals surface area (Å²) in [4.78, 5) is 12.3. The zero-order chi connectivity index (χ0) is 15.3. The normalized spacial score (nSPS) is 12.0. The van der Waals surface area contributed by atoms with E-state index in [1.165, 1.54) is 0 Å². The molecule has 0 saturated carbocycles. The maximum absolute atomic E-state index is 12.3. The largest absolute Gasteiger partial charge is 0.433 e. The van der Waals surface area contributed by atoms with Crippen molar-refractivity contribution in [3.63, 3.8) is 0 Å². The van der Waals surface area contributed by atoms with Crippen molar-refractivity contribution in [2.75, 3.05) is 0 Å². The van der Waals surface area contributed by atoms with Gasteiger partial charge in [0.15, 0.2) is 0 Å². The van der Waals surface area contributed by atoms with Gasteiger partial charge in [-0.2, -0.15) is 0 Å². The first-order chi connectivity index (χ1) is 9.97. The lowest BCUT2D eigenvalue weighted by molar-refractivity contribution is 0.0647. The van der Waals surface area contributed by atoms with E-state index < -0.39 is 8.07 Å². The number of ether oxygens (including phenoxy) is 1. The smallest absolute Gasteiger partial charge is 0.342 e. The van der Waals surface area contributed by atoms with E-state index in [-0.39, 0.29) is 5.97 Å². The molecule has 3 heteroatoms. The van der Waals surface area contributed by atoms with Crippen LogP contribution in [0.3, 0.4) is 0 Å². The number of carbonyl (C=O) groups excluding carboxylic acids is 1. The number of benzene rings is 2. The Bertz CT molecular complexity index is 625. The molecule has 0 fully saturated rings. The van der Waals surface area contributed by atoms with Crippen molar-refractivity contribution in [3.8, 4) is 0 Å². The van der Waals surface area contributed by atoms with Gasteiger partial charge in [0.25, 0.3) is 0 Å². The van der Waals surface area contributed by atoms with Crippen molar-refractivity contribution in [2.45, 2.75) is 19.6 Å². The first-order valence-corrected chi connectivity index (χ1v) is 10.5. The molecule has 0 unspecified atom stereocenters. The average Bonchev–Trinajstić information content (AvgIpc) is 2.47. The lowest BCUT2D eigenvalue weighted by atomic mass is 10.2. The summed E-state index contributed by atoms with van der Waals surface area (Å²) in [7, 11) is -1.75. The predicted octanol–water partition coefficient (Wildman–Crippen LogP) is 4.76. The van der Waals surface area contributed by atoms with E-state index in [2.05, 4.69) is 19.6 Å². The van der Waals surface area contributed by atoms with Gasteiger partial charge in [-0.15, -0.1) is 0 Å². The molecule has 0 spiro atoms. The van der Waals surface area contributed by atoms with Gasteiger partial charge in [0.2, 0.25) is 0 Å². The van der Waals surface area contributed by atoms with Gasteiger partial charge >= 0.3 is 5.97 Å². The molecule has 2 rings (SSSR count). The molecule has 0 N–H and O–H groups in total. The van der Waals surface area contributed by atoms with E-state index in [0.29, 0.717) is 5.56 Å². The van der Waals surface area contributed by atoms with Crippen LogP contribution < -0.4 is 0 Å². The minimum atomic E-state index is -1.75. The Morgan fingerprint density at radius 2 is 1.43 bits per heavy atom. The molecule has 2 nitrogen and oxygen atoms in total. The third-order valence-corrected chi connectivity index (χ3v) is 4.77. The van der Waals surface area contributed by atoms with E-state index in [4.69, 9.17) is 4.74 Å². The topological polar surface area (TPSA) is 26.3 Å². The number of rotatable bonds is 4. The fourth-order valence-electron chi connectivity index (χ4n) is 1.83. The van der Waals surface area contributed by atoms with Crippen LogP contribution in [0, 0.1) is 0 Å². The highest BCUT2D eigenvalue weighted by atomic mass is 28.3. The minimum absolute atomic E-state index is 0.291. The molecule has 0 aliphatic carbocycles. The van der Waals surface area contributed by atoms with E-state index in [0.717, 1.165) is 10.9 Å². The summed E-state index contributed by atoms with van der Waals surface area (Å²) in [5.74, 6) is -0.291. The first kappa shape index (κ1) is 15.3. The van der Waals surface area contributed by atoms with E-state index in [1.54, 1.807) is 12.1 Å². The minimum Gasteiger partial charge on any atom is -0.433 e. The highest BCUT2D eigenvalue weighted by Crippen LogP contribution is 2.21. The van der Waals surface area contributed by atoms with Crippen LogP contribution >= 0.6 is 0 Å². The van der Waals surface area contributed by atoms with Crippen LogP contribution in [-0.4, -0.2) is 14.0 Å². The summed E-state index contributed by atoms with van der Waals surface area (Å²) < 4.78 is 5.69. The highest BCUT2D eigenvalue weighted by molar-refractivity contribution is 6.83. The number of hydrogen-bond donors (Lipinski definition) is 0. The molecule has 0 amide bonds. The Morgan fingerprint density at radius 3 is 1.95 bits per heavy atom. The average molecular weight is 296 g/mol. The molecule has 0 aromatic heterocycles. The van der Waals surface area contributed by atoms with Crippen molar-refractivity contribution in [1.29, 1.82) is 0 Å². The van der Waals surface area contributed by atoms with Crippen LogP contribution in [0.4, 0.5) is 0 Å². The molecule has 0 radical (unpaired) electrons. The molecule has 0 saturated heterocycles. The Kier molecular flexibility index (Phi) is 4.76. The maximum atomic E-state index is 12.3. The third-order valence-electron chi connectivity index (χ3n) is 3.05. The zero-order valence-corrected chi connectivity index (χ0v) is 13.7. The molecule has 2 aromatic carbocycles. The Morgan fingerprint density at radius 1 is 0.905 bits per heavy atom. The first-order valence-electron chi connectivity index (χ1n) is 7.01. The molecular formula is C18H20O2Si. The van der Waals surface area contributed by atoms with Gasteiger partial charge < -0.3 is 4.74 Å². The molecule has 0 aliphatic rings. The number of esters is 1. The fraction of sp³-hybridized carbons (Fsp3) is 0.167. The van der Waals surface area contributed by atoms with Crippen LogP contribution in [-0.2, 0) is 4.74 Å². The van der Waals surface area contributed by atoms with Crippen LogP contribution in [0.25, 0.3) is 6.08 Å². The number of carbonyl (C=O) groups is 1. The van der Waals surface area contributed by atoms with Gasteiger partial charge in [0, 0.05) is 0 Å². The summed E-state index contributed by atoms with van der Waals surface area (Å²) in [6.07, 6.45) is 1.98. The molecule has 2 aromatic rings. The van der Waals surface area contributed by atoms with E-state index >= 15 is 0 Å². The van der Waals surface area contributed by atoms with Crippen LogP contribution in [0.5, 0.6) is 0 Å². The van der Waals surface area contributed by atoms with Gasteiger partial charge in [-0.3, -0.25) is 0 Å². The lowest BCUT2D eigenvalue weighted by Gasteiger charge is -2.20. The fourth-order valence-corrected chi connectivity index (χ4v) is 2.83. The van der Waals surface area contributed by atoms with Gasteiger partial charge in [-0.05, 0) is 23.8 Å². The van der Waals surface area contributed by atoms with Crippen molar-refractivity contribution in [3.05, 3.63) is 77.2 Å². The predicted molar refractivity (Wildman–Crippen MR) is 89.6 cm³/mol. The van der Waals surface area contributed by atoms with Gasteiger partial charge in [-0.1, -0.05) is 68.2 Å². The van der Waals surface area contributed by atoms with Gasteiger partial charge in [0.1, 0.15) is 8.07 Å². The van der Waals surface area contributed by atoms with Crippen LogP contribution in [0.15, 0.2) is 66.0 Å². The quantitative estimate of drug-likeness (QED) is 0.462. The van der Waals surface area contributed by atoms with Gasteiger partial charge in [-0.25, -0.2) is 4.79 Å². The van der Waals surface area contributed by atoms with Crippen molar-refractivity contribution >= 4 is 20.1 Å². The van der Waals surface area contributed by atoms with E-state index in [9.17, 15) is 4.79 Å². The second-order valence-corrected chi connectivity index (χ2v) is 10.9. The molecular weight excluding hydrogens is 276 g/mol. The van der Waals surface area contributed by atoms with Gasteiger partial charge in [0.05, 0.1) is 10.9 Å². The van der Waals surface area contributed by atoms with Crippen LogP contribution in [0.1, 0.15) is 15.9 Å². The molecule has 0 atom stereocenters. The van der Waals surface area contributed by atoms with E-state index in [1.807, 2.05) is 54.6 Å². The van der Waals surface area contributed by atoms with Crippen molar-refractivity contribution in [2.24, 2.45) is 0 Å². The molecule has 108 valence electrons. The second-order valence-electron chi connectivity index (χ2n) is 5.92. The monoisotopic (exact) mass is 296 g/mol. The van der Waals surface area contributed by atoms with Crippen molar-refractivity contribution < 1.29 is 9.53 Å². The molecule has 0 bridgehead atoms. The summed E-state index contributed by atoms with van der Waals surface area (Å²) in [5, 5.41) is 0.794. The lowest BCUT2D eigenvalue weighted by Crippen LogP contribution is -2.27. The highest BCUT2D eigenvalue weighted by Gasteiger charge is 2.24. The Hall–Kier alpha value is -2.13. The molecule has 0 aliphatic heterocycles. The summed E-state index contributed by atoms with van der Waals surface area (Å²) in [6.45, 7) is 6.50. The zero-order valence-electron chi connectivity index (χ0n) is 12.7. The molecule has 21 heavy (non-hydrogen) atoms. The van der Waals surface area contributed by atoms with Crippen molar-refractivity contribution in [1.82, 2.24) is 0 Å². The van der Waals surface area contributed by atoms with Crippen LogP contribution in [0.2, 0.25) is 19.6 Å². The second kappa shape index (κ2) is 6.55. The Balaban J connectivity index is 2.27.